The van der Waals surface area contributed by atoms with Gasteiger partial charge in [0.2, 0.25) is 0 Å². The number of ether oxygens (including phenoxy) is 1. The predicted octanol–water partition coefficient (Wildman–Crippen LogP) is 2.65. The van der Waals surface area contributed by atoms with Crippen molar-refractivity contribution < 1.29 is 13.2 Å². The van der Waals surface area contributed by atoms with Crippen molar-refractivity contribution in [3.63, 3.8) is 0 Å². The van der Waals surface area contributed by atoms with Gasteiger partial charge in [-0.3, -0.25) is 0 Å². The molecule has 0 aliphatic rings. The second-order valence-electron chi connectivity index (χ2n) is 4.65. The summed E-state index contributed by atoms with van der Waals surface area (Å²) in [5.41, 5.74) is 7.57. The van der Waals surface area contributed by atoms with Gasteiger partial charge in [-0.05, 0) is 42.3 Å². The predicted molar refractivity (Wildman–Crippen MR) is 78.7 cm³/mol. The fourth-order valence-electron chi connectivity index (χ4n) is 1.85. The summed E-state index contributed by atoms with van der Waals surface area (Å²) in [6.45, 7) is 2.40. The van der Waals surface area contributed by atoms with Gasteiger partial charge in [0.05, 0.1) is 4.90 Å². The molecule has 0 spiro atoms. The Kier molecular flexibility index (Phi) is 4.11. The molecule has 0 unspecified atom stereocenters. The summed E-state index contributed by atoms with van der Waals surface area (Å²) in [5.74, 6) is 1.18. The highest BCUT2D eigenvalue weighted by Crippen LogP contribution is 2.27. The van der Waals surface area contributed by atoms with E-state index in [1.54, 1.807) is 18.2 Å². The molecule has 0 radical (unpaired) electrons. The third-order valence-corrected chi connectivity index (χ3v) is 4.05. The topological polar surface area (TPSA) is 69.4 Å². The summed E-state index contributed by atoms with van der Waals surface area (Å²) in [6.07, 6.45) is 1.17. The highest BCUT2D eigenvalue weighted by Gasteiger charge is 2.09. The Morgan fingerprint density at radius 3 is 2.50 bits per heavy atom. The molecule has 0 amide bonds. The van der Waals surface area contributed by atoms with Crippen LogP contribution in [-0.4, -0.2) is 14.7 Å². The minimum absolute atomic E-state index is 0.242. The number of nitrogens with two attached hydrogens (primary N) is 1. The zero-order valence-electron chi connectivity index (χ0n) is 11.5. The maximum absolute atomic E-state index is 11.5. The van der Waals surface area contributed by atoms with E-state index < -0.39 is 9.84 Å². The lowest BCUT2D eigenvalue weighted by molar-refractivity contribution is 0.477. The molecule has 0 atom stereocenters. The van der Waals surface area contributed by atoms with Crippen LogP contribution < -0.4 is 10.5 Å². The highest BCUT2D eigenvalue weighted by molar-refractivity contribution is 7.90. The van der Waals surface area contributed by atoms with Crippen molar-refractivity contribution >= 4 is 9.84 Å². The van der Waals surface area contributed by atoms with E-state index >= 15 is 0 Å². The zero-order chi connectivity index (χ0) is 14.8. The first-order valence-electron chi connectivity index (χ1n) is 6.18. The average Bonchev–Trinajstić information content (AvgIpc) is 2.40. The van der Waals surface area contributed by atoms with Gasteiger partial charge in [-0.15, -0.1) is 0 Å². The summed E-state index contributed by atoms with van der Waals surface area (Å²) in [6, 6.07) is 12.1. The average molecular weight is 291 g/mol. The van der Waals surface area contributed by atoms with Crippen LogP contribution in [0, 0.1) is 6.92 Å². The number of rotatable bonds is 4. The van der Waals surface area contributed by atoms with Crippen molar-refractivity contribution in [1.29, 1.82) is 0 Å². The van der Waals surface area contributed by atoms with Crippen LogP contribution in [0.2, 0.25) is 0 Å². The Morgan fingerprint density at radius 2 is 1.90 bits per heavy atom. The van der Waals surface area contributed by atoms with Gasteiger partial charge in [-0.2, -0.15) is 0 Å². The summed E-state index contributed by atoms with van der Waals surface area (Å²) >= 11 is 0. The largest absolute Gasteiger partial charge is 0.457 e. The quantitative estimate of drug-likeness (QED) is 0.940. The van der Waals surface area contributed by atoms with Crippen molar-refractivity contribution in [2.75, 3.05) is 6.26 Å². The first-order valence-corrected chi connectivity index (χ1v) is 8.07. The van der Waals surface area contributed by atoms with E-state index in [9.17, 15) is 8.42 Å². The van der Waals surface area contributed by atoms with Crippen molar-refractivity contribution in [3.8, 4) is 11.5 Å². The Bertz CT molecular complexity index is 724. The molecule has 20 heavy (non-hydrogen) atoms. The Hall–Kier alpha value is -1.85. The molecule has 0 bridgehead atoms. The monoisotopic (exact) mass is 291 g/mol. The second-order valence-corrected chi connectivity index (χ2v) is 6.67. The normalized spacial score (nSPS) is 11.3. The van der Waals surface area contributed by atoms with E-state index in [1.165, 1.54) is 12.3 Å². The third kappa shape index (κ3) is 3.37. The van der Waals surface area contributed by atoms with Crippen LogP contribution in [-0.2, 0) is 16.4 Å². The summed E-state index contributed by atoms with van der Waals surface area (Å²) in [4.78, 5) is 0.242. The SMILES string of the molecule is Cc1cc(CN)ccc1Oc1cccc(S(C)(=O)=O)c1. The van der Waals surface area contributed by atoms with E-state index in [-0.39, 0.29) is 4.90 Å². The van der Waals surface area contributed by atoms with E-state index in [4.69, 9.17) is 10.5 Å². The number of hydrogen-bond acceptors (Lipinski definition) is 4. The van der Waals surface area contributed by atoms with Gasteiger partial charge in [0.15, 0.2) is 9.84 Å². The maximum Gasteiger partial charge on any atom is 0.175 e. The standard InChI is InChI=1S/C15H17NO3S/c1-11-8-12(10-16)6-7-15(11)19-13-4-3-5-14(9-13)20(2,17)18/h3-9H,10,16H2,1-2H3. The molecule has 0 aromatic heterocycles. The van der Waals surface area contributed by atoms with Gasteiger partial charge in [0.1, 0.15) is 11.5 Å². The van der Waals surface area contributed by atoms with Crippen molar-refractivity contribution in [1.82, 2.24) is 0 Å². The van der Waals surface area contributed by atoms with E-state index in [2.05, 4.69) is 0 Å². The lowest BCUT2D eigenvalue weighted by atomic mass is 10.1. The number of aryl methyl sites for hydroxylation is 1. The molecule has 0 heterocycles. The van der Waals surface area contributed by atoms with E-state index in [0.717, 1.165) is 11.1 Å². The molecule has 2 N–H and O–H groups in total. The molecule has 5 heteroatoms. The molecule has 2 rings (SSSR count). The summed E-state index contributed by atoms with van der Waals surface area (Å²) in [5, 5.41) is 0. The molecule has 2 aromatic rings. The fraction of sp³-hybridized carbons (Fsp3) is 0.200. The van der Waals surface area contributed by atoms with Crippen molar-refractivity contribution in [3.05, 3.63) is 53.6 Å². The molecule has 0 saturated carbocycles. The second kappa shape index (κ2) is 5.64. The molecule has 2 aromatic carbocycles. The third-order valence-electron chi connectivity index (χ3n) is 2.94. The molecule has 0 aliphatic carbocycles. The van der Waals surface area contributed by atoms with Crippen LogP contribution in [0.1, 0.15) is 11.1 Å². The minimum atomic E-state index is -3.23. The smallest absolute Gasteiger partial charge is 0.175 e. The molecule has 4 nitrogen and oxygen atoms in total. The van der Waals surface area contributed by atoms with Crippen LogP contribution >= 0.6 is 0 Å². The summed E-state index contributed by atoms with van der Waals surface area (Å²) < 4.78 is 28.8. The Balaban J connectivity index is 2.31. The van der Waals surface area contributed by atoms with Gasteiger partial charge in [0, 0.05) is 12.8 Å². The van der Waals surface area contributed by atoms with Crippen LogP contribution in [0.5, 0.6) is 11.5 Å². The van der Waals surface area contributed by atoms with Crippen molar-refractivity contribution in [2.24, 2.45) is 5.73 Å². The van der Waals surface area contributed by atoms with Crippen LogP contribution in [0.3, 0.4) is 0 Å². The molecule has 0 saturated heterocycles. The van der Waals surface area contributed by atoms with Gasteiger partial charge >= 0.3 is 0 Å². The Morgan fingerprint density at radius 1 is 1.15 bits per heavy atom. The first kappa shape index (κ1) is 14.6. The van der Waals surface area contributed by atoms with Crippen molar-refractivity contribution in [2.45, 2.75) is 18.4 Å². The lowest BCUT2D eigenvalue weighted by Crippen LogP contribution is -1.98. The number of hydrogen-bond donors (Lipinski definition) is 1. The molecule has 0 fully saturated rings. The molecule has 0 aliphatic heterocycles. The summed E-state index contributed by atoms with van der Waals surface area (Å²) in [7, 11) is -3.23. The lowest BCUT2D eigenvalue weighted by Gasteiger charge is -2.10. The van der Waals surface area contributed by atoms with Gasteiger partial charge < -0.3 is 10.5 Å². The first-order chi connectivity index (χ1) is 9.40. The van der Waals surface area contributed by atoms with Gasteiger partial charge in [-0.1, -0.05) is 18.2 Å². The maximum atomic E-state index is 11.5. The van der Waals surface area contributed by atoms with Crippen LogP contribution in [0.15, 0.2) is 47.4 Å². The molecular weight excluding hydrogens is 274 g/mol. The molecular formula is C15H17NO3S. The Labute approximate surface area is 119 Å². The fourth-order valence-corrected chi connectivity index (χ4v) is 2.50. The number of sulfone groups is 1. The van der Waals surface area contributed by atoms with E-state index in [1.807, 2.05) is 25.1 Å². The van der Waals surface area contributed by atoms with Gasteiger partial charge in [0.25, 0.3) is 0 Å². The zero-order valence-corrected chi connectivity index (χ0v) is 12.3. The minimum Gasteiger partial charge on any atom is -0.457 e. The van der Waals surface area contributed by atoms with Gasteiger partial charge in [-0.25, -0.2) is 8.42 Å². The highest BCUT2D eigenvalue weighted by atomic mass is 32.2. The van der Waals surface area contributed by atoms with E-state index in [0.29, 0.717) is 18.0 Å². The van der Waals surface area contributed by atoms with Crippen LogP contribution in [0.25, 0.3) is 0 Å². The molecule has 106 valence electrons. The van der Waals surface area contributed by atoms with Crippen LogP contribution in [0.4, 0.5) is 0 Å². The number of benzene rings is 2.